The maximum absolute atomic E-state index is 11.8. The number of carbonyl (C=O) groups excluding carboxylic acids is 1. The van der Waals surface area contributed by atoms with Crippen LogP contribution in [0.5, 0.6) is 0 Å². The third-order valence-electron chi connectivity index (χ3n) is 2.29. The average Bonchev–Trinajstić information content (AvgIpc) is 2.23. The summed E-state index contributed by atoms with van der Waals surface area (Å²) in [4.78, 5) is 11.8. The molecule has 4 N–H and O–H groups in total. The highest BCUT2D eigenvalue weighted by molar-refractivity contribution is 7.84. The first-order chi connectivity index (χ1) is 7.90. The second-order valence-electron chi connectivity index (χ2n) is 4.17. The van der Waals surface area contributed by atoms with Crippen molar-refractivity contribution in [2.45, 2.75) is 20.3 Å². The van der Waals surface area contributed by atoms with Crippen molar-refractivity contribution in [3.05, 3.63) is 0 Å². The van der Waals surface area contributed by atoms with E-state index in [0.717, 1.165) is 0 Å². The highest BCUT2D eigenvalue weighted by atomic mass is 32.2. The van der Waals surface area contributed by atoms with E-state index in [1.165, 1.54) is 0 Å². The molecule has 0 aliphatic heterocycles. The molecule has 0 rings (SSSR count). The summed E-state index contributed by atoms with van der Waals surface area (Å²) >= 11 is 0. The van der Waals surface area contributed by atoms with Crippen LogP contribution in [0.15, 0.2) is 5.16 Å². The van der Waals surface area contributed by atoms with Gasteiger partial charge in [-0.05, 0) is 12.3 Å². The van der Waals surface area contributed by atoms with Crippen molar-refractivity contribution < 1.29 is 14.2 Å². The summed E-state index contributed by atoms with van der Waals surface area (Å²) in [6.07, 6.45) is 2.27. The zero-order chi connectivity index (χ0) is 13.4. The Hall–Kier alpha value is -1.11. The first-order valence-electron chi connectivity index (χ1n) is 5.45. The van der Waals surface area contributed by atoms with Crippen molar-refractivity contribution in [1.29, 1.82) is 0 Å². The van der Waals surface area contributed by atoms with Gasteiger partial charge in [0, 0.05) is 29.4 Å². The smallest absolute Gasteiger partial charge is 0.231 e. The van der Waals surface area contributed by atoms with E-state index >= 15 is 0 Å². The predicted molar refractivity (Wildman–Crippen MR) is 68.3 cm³/mol. The van der Waals surface area contributed by atoms with Crippen molar-refractivity contribution in [2.75, 3.05) is 18.6 Å². The molecule has 100 valence electrons. The van der Waals surface area contributed by atoms with E-state index in [-0.39, 0.29) is 17.7 Å². The Balaban J connectivity index is 4.21. The SMILES string of the molecule is CC(C)C(C(=O)NCCCS(C)=O)C(N)=NO. The summed E-state index contributed by atoms with van der Waals surface area (Å²) < 4.78 is 10.8. The highest BCUT2D eigenvalue weighted by Crippen LogP contribution is 2.11. The van der Waals surface area contributed by atoms with E-state index in [9.17, 15) is 9.00 Å². The standard InChI is InChI=1S/C10H21N3O3S/c1-7(2)8(9(11)13-15)10(14)12-5-4-6-17(3)16/h7-8,15H,4-6H2,1-3H3,(H2,11,13)(H,12,14). The number of amidine groups is 1. The van der Waals surface area contributed by atoms with E-state index in [4.69, 9.17) is 10.9 Å². The number of nitrogens with one attached hydrogen (secondary N) is 1. The lowest BCUT2D eigenvalue weighted by atomic mass is 9.94. The summed E-state index contributed by atoms with van der Waals surface area (Å²) in [5, 5.41) is 14.2. The summed E-state index contributed by atoms with van der Waals surface area (Å²) in [6, 6.07) is 0. The van der Waals surface area contributed by atoms with Crippen LogP contribution in [0.25, 0.3) is 0 Å². The van der Waals surface area contributed by atoms with Crippen LogP contribution in [-0.4, -0.2) is 39.7 Å². The predicted octanol–water partition coefficient (Wildman–Crippen LogP) is -0.110. The normalized spacial score (nSPS) is 15.6. The number of rotatable bonds is 7. The molecule has 0 radical (unpaired) electrons. The molecular formula is C10H21N3O3S. The van der Waals surface area contributed by atoms with Crippen LogP contribution in [-0.2, 0) is 15.6 Å². The number of oxime groups is 1. The molecule has 0 saturated carbocycles. The molecule has 1 amide bonds. The van der Waals surface area contributed by atoms with Crippen molar-refractivity contribution in [3.63, 3.8) is 0 Å². The van der Waals surface area contributed by atoms with Crippen LogP contribution in [0.3, 0.4) is 0 Å². The minimum Gasteiger partial charge on any atom is -0.409 e. The Morgan fingerprint density at radius 3 is 2.53 bits per heavy atom. The Labute approximate surface area is 104 Å². The molecule has 7 heteroatoms. The maximum atomic E-state index is 11.8. The number of carbonyl (C=O) groups is 1. The fourth-order valence-electron chi connectivity index (χ4n) is 1.44. The first-order valence-corrected chi connectivity index (χ1v) is 7.18. The summed E-state index contributed by atoms with van der Waals surface area (Å²) in [7, 11) is -0.850. The van der Waals surface area contributed by atoms with Gasteiger partial charge in [0.2, 0.25) is 5.91 Å². The molecule has 0 bridgehead atoms. The molecule has 0 aliphatic carbocycles. The van der Waals surface area contributed by atoms with Crippen molar-refractivity contribution in [2.24, 2.45) is 22.7 Å². The van der Waals surface area contributed by atoms with E-state index in [2.05, 4.69) is 10.5 Å². The van der Waals surface area contributed by atoms with Crippen molar-refractivity contribution >= 4 is 22.5 Å². The molecule has 0 aliphatic rings. The molecule has 0 aromatic heterocycles. The second kappa shape index (κ2) is 8.05. The van der Waals surface area contributed by atoms with Gasteiger partial charge in [-0.3, -0.25) is 9.00 Å². The summed E-state index contributed by atoms with van der Waals surface area (Å²) in [5.41, 5.74) is 5.46. The van der Waals surface area contributed by atoms with Crippen LogP contribution in [0.2, 0.25) is 0 Å². The van der Waals surface area contributed by atoms with Gasteiger partial charge in [-0.25, -0.2) is 0 Å². The molecule has 0 spiro atoms. The zero-order valence-electron chi connectivity index (χ0n) is 10.5. The lowest BCUT2D eigenvalue weighted by Gasteiger charge is -2.18. The molecule has 17 heavy (non-hydrogen) atoms. The maximum Gasteiger partial charge on any atom is 0.231 e. The van der Waals surface area contributed by atoms with E-state index in [1.807, 2.05) is 13.8 Å². The van der Waals surface area contributed by atoms with Gasteiger partial charge < -0.3 is 16.3 Å². The third kappa shape index (κ3) is 6.25. The topological polar surface area (TPSA) is 105 Å². The molecular weight excluding hydrogens is 242 g/mol. The number of amides is 1. The van der Waals surface area contributed by atoms with Gasteiger partial charge in [-0.1, -0.05) is 19.0 Å². The number of nitrogens with zero attached hydrogens (tertiary/aromatic N) is 1. The average molecular weight is 263 g/mol. The number of nitrogens with two attached hydrogens (primary N) is 1. The molecule has 0 fully saturated rings. The fraction of sp³-hybridized carbons (Fsp3) is 0.800. The van der Waals surface area contributed by atoms with Crippen LogP contribution in [0, 0.1) is 11.8 Å². The largest absolute Gasteiger partial charge is 0.409 e. The Bertz CT molecular complexity index is 305. The highest BCUT2D eigenvalue weighted by Gasteiger charge is 2.26. The molecule has 0 saturated heterocycles. The van der Waals surface area contributed by atoms with Crippen molar-refractivity contribution in [3.8, 4) is 0 Å². The Morgan fingerprint density at radius 2 is 2.12 bits per heavy atom. The van der Waals surface area contributed by atoms with Gasteiger partial charge >= 0.3 is 0 Å². The van der Waals surface area contributed by atoms with Gasteiger partial charge in [-0.15, -0.1) is 0 Å². The lowest BCUT2D eigenvalue weighted by molar-refractivity contribution is -0.124. The summed E-state index contributed by atoms with van der Waals surface area (Å²) in [6.45, 7) is 4.09. The molecule has 0 aromatic rings. The van der Waals surface area contributed by atoms with Gasteiger partial charge in [0.1, 0.15) is 5.92 Å². The molecule has 6 nitrogen and oxygen atoms in total. The van der Waals surface area contributed by atoms with Gasteiger partial charge in [0.25, 0.3) is 0 Å². The van der Waals surface area contributed by atoms with Gasteiger partial charge in [-0.2, -0.15) is 0 Å². The quantitative estimate of drug-likeness (QED) is 0.196. The van der Waals surface area contributed by atoms with Gasteiger partial charge in [0.15, 0.2) is 5.84 Å². The zero-order valence-corrected chi connectivity index (χ0v) is 11.3. The minimum atomic E-state index is -0.850. The summed E-state index contributed by atoms with van der Waals surface area (Å²) in [5.74, 6) is -0.483. The van der Waals surface area contributed by atoms with E-state index in [1.54, 1.807) is 6.26 Å². The molecule has 0 aromatic carbocycles. The minimum absolute atomic E-state index is 0.0498. The van der Waals surface area contributed by atoms with Crippen molar-refractivity contribution in [1.82, 2.24) is 5.32 Å². The van der Waals surface area contributed by atoms with Gasteiger partial charge in [0.05, 0.1) is 0 Å². The molecule has 2 unspecified atom stereocenters. The number of hydrogen-bond acceptors (Lipinski definition) is 4. The van der Waals surface area contributed by atoms with Crippen LogP contribution >= 0.6 is 0 Å². The Kier molecular flexibility index (Phi) is 7.53. The molecule has 0 heterocycles. The number of hydrogen-bond donors (Lipinski definition) is 3. The van der Waals surface area contributed by atoms with Crippen LogP contribution < -0.4 is 11.1 Å². The van der Waals surface area contributed by atoms with Crippen LogP contribution in [0.1, 0.15) is 20.3 Å². The monoisotopic (exact) mass is 263 g/mol. The third-order valence-corrected chi connectivity index (χ3v) is 3.15. The lowest BCUT2D eigenvalue weighted by Crippen LogP contribution is -2.42. The van der Waals surface area contributed by atoms with E-state index in [0.29, 0.717) is 18.7 Å². The Morgan fingerprint density at radius 1 is 1.53 bits per heavy atom. The fourth-order valence-corrected chi connectivity index (χ4v) is 1.99. The van der Waals surface area contributed by atoms with E-state index < -0.39 is 16.7 Å². The second-order valence-corrected chi connectivity index (χ2v) is 5.72. The van der Waals surface area contributed by atoms with Crippen LogP contribution in [0.4, 0.5) is 0 Å². The first kappa shape index (κ1) is 15.9. The molecule has 2 atom stereocenters.